The summed E-state index contributed by atoms with van der Waals surface area (Å²) < 4.78 is 0. The van der Waals surface area contributed by atoms with Gasteiger partial charge in [0.25, 0.3) is 0 Å². The Morgan fingerprint density at radius 2 is 1.81 bits per heavy atom. The van der Waals surface area contributed by atoms with Gasteiger partial charge in [-0.1, -0.05) is 44.4 Å². The minimum atomic E-state index is -0.418. The molecule has 21 heavy (non-hydrogen) atoms. The van der Waals surface area contributed by atoms with E-state index < -0.39 is 5.78 Å². The molecule has 0 atom stereocenters. The maximum absolute atomic E-state index is 11.8. The van der Waals surface area contributed by atoms with Gasteiger partial charge in [-0.05, 0) is 30.4 Å². The molecule has 0 bridgehead atoms. The quantitative estimate of drug-likeness (QED) is 0.496. The first-order valence-electron chi connectivity index (χ1n) is 7.80. The van der Waals surface area contributed by atoms with Crippen molar-refractivity contribution in [3.8, 4) is 0 Å². The van der Waals surface area contributed by atoms with E-state index in [4.69, 9.17) is 5.84 Å². The lowest BCUT2D eigenvalue weighted by atomic mass is 9.83. The van der Waals surface area contributed by atoms with Crippen molar-refractivity contribution in [2.75, 3.05) is 11.6 Å². The Balaban J connectivity index is 2.15. The van der Waals surface area contributed by atoms with Crippen LogP contribution in [-0.2, 0) is 9.59 Å². The minimum absolute atomic E-state index is 0.0452. The number of hydrazine groups is 1. The fraction of sp³-hybridized carbons (Fsp3) is 0.529. The van der Waals surface area contributed by atoms with Gasteiger partial charge >= 0.3 is 0 Å². The fourth-order valence-corrected chi connectivity index (χ4v) is 3.03. The number of benzene rings is 1. The number of nitrogens with zero attached hydrogens (tertiary/aromatic N) is 1. The number of Topliss-reactive ketones (excluding diaryl/α,β-unsaturated/α-hetero) is 2. The molecule has 114 valence electrons. The van der Waals surface area contributed by atoms with Crippen molar-refractivity contribution >= 4 is 17.3 Å². The third-order valence-electron chi connectivity index (χ3n) is 4.24. The minimum Gasteiger partial charge on any atom is -0.303 e. The van der Waals surface area contributed by atoms with Crippen molar-refractivity contribution in [1.82, 2.24) is 0 Å². The fourth-order valence-electron chi connectivity index (χ4n) is 3.03. The Bertz CT molecular complexity index is 507. The van der Waals surface area contributed by atoms with Crippen LogP contribution in [0.4, 0.5) is 5.69 Å². The molecule has 0 radical (unpaired) electrons. The number of ketones is 2. The van der Waals surface area contributed by atoms with Gasteiger partial charge in [-0.2, -0.15) is 0 Å². The largest absolute Gasteiger partial charge is 0.303 e. The van der Waals surface area contributed by atoms with E-state index in [1.165, 1.54) is 42.7 Å². The second-order valence-corrected chi connectivity index (χ2v) is 5.72. The average molecular weight is 288 g/mol. The number of hydrogen-bond acceptors (Lipinski definition) is 4. The maximum atomic E-state index is 11.8. The summed E-state index contributed by atoms with van der Waals surface area (Å²) in [7, 11) is 0. The number of anilines is 1. The number of nitrogens with two attached hydrogens (primary N) is 1. The van der Waals surface area contributed by atoms with Crippen LogP contribution < -0.4 is 10.9 Å². The maximum Gasteiger partial charge on any atom is 0.219 e. The number of carbonyl (C=O) groups is 2. The summed E-state index contributed by atoms with van der Waals surface area (Å²) >= 11 is 0. The van der Waals surface area contributed by atoms with Gasteiger partial charge in [0.2, 0.25) is 5.78 Å². The van der Waals surface area contributed by atoms with Crippen LogP contribution in [0, 0.1) is 0 Å². The highest BCUT2D eigenvalue weighted by molar-refractivity contribution is 6.38. The van der Waals surface area contributed by atoms with Crippen LogP contribution in [0.3, 0.4) is 0 Å². The lowest BCUT2D eigenvalue weighted by Gasteiger charge is -2.28. The highest BCUT2D eigenvalue weighted by atomic mass is 16.2. The lowest BCUT2D eigenvalue weighted by Crippen LogP contribution is -2.39. The zero-order chi connectivity index (χ0) is 15.2. The van der Waals surface area contributed by atoms with E-state index in [9.17, 15) is 9.59 Å². The van der Waals surface area contributed by atoms with Crippen LogP contribution in [0.2, 0.25) is 0 Å². The SMILES string of the molecule is CCC(=O)C(=O)CN(N)c1ccccc1C1CCCCC1. The zero-order valence-electron chi connectivity index (χ0n) is 12.7. The number of hydrogen-bond donors (Lipinski definition) is 1. The van der Waals surface area contributed by atoms with Crippen molar-refractivity contribution in [2.45, 2.75) is 51.4 Å². The molecule has 0 saturated heterocycles. The average Bonchev–Trinajstić information content (AvgIpc) is 2.54. The molecule has 0 heterocycles. The van der Waals surface area contributed by atoms with Gasteiger partial charge in [0.1, 0.15) is 6.54 Å². The standard InChI is InChI=1S/C17H24N2O2/c1-2-16(20)17(21)12-19(18)15-11-7-6-10-14(15)13-8-4-3-5-9-13/h6-7,10-11,13H,2-5,8-9,12,18H2,1H3. The molecule has 1 aliphatic carbocycles. The van der Waals surface area contributed by atoms with Gasteiger partial charge in [0.15, 0.2) is 5.78 Å². The zero-order valence-corrected chi connectivity index (χ0v) is 12.7. The Hall–Kier alpha value is -1.68. The first-order valence-corrected chi connectivity index (χ1v) is 7.80. The molecule has 1 saturated carbocycles. The molecule has 1 fully saturated rings. The Labute approximate surface area is 126 Å². The first kappa shape index (κ1) is 15.7. The predicted octanol–water partition coefficient (Wildman–Crippen LogP) is 2.96. The first-order chi connectivity index (χ1) is 10.1. The molecule has 1 aliphatic rings. The van der Waals surface area contributed by atoms with Crippen LogP contribution >= 0.6 is 0 Å². The summed E-state index contributed by atoms with van der Waals surface area (Å²) in [5.41, 5.74) is 2.08. The second-order valence-electron chi connectivity index (χ2n) is 5.72. The number of rotatable bonds is 6. The Morgan fingerprint density at radius 1 is 1.14 bits per heavy atom. The summed E-state index contributed by atoms with van der Waals surface area (Å²) in [5, 5.41) is 1.43. The van der Waals surface area contributed by atoms with Crippen molar-refractivity contribution in [3.05, 3.63) is 29.8 Å². The van der Waals surface area contributed by atoms with E-state index in [2.05, 4.69) is 6.07 Å². The molecule has 4 heteroatoms. The molecular formula is C17H24N2O2. The topological polar surface area (TPSA) is 63.4 Å². The highest BCUT2D eigenvalue weighted by Crippen LogP contribution is 2.37. The van der Waals surface area contributed by atoms with Gasteiger partial charge in [-0.3, -0.25) is 9.59 Å². The van der Waals surface area contributed by atoms with Gasteiger partial charge in [0, 0.05) is 6.42 Å². The highest BCUT2D eigenvalue weighted by Gasteiger charge is 2.21. The molecule has 0 aromatic heterocycles. The second kappa shape index (κ2) is 7.36. The van der Waals surface area contributed by atoms with Gasteiger partial charge < -0.3 is 5.01 Å². The van der Waals surface area contributed by atoms with Crippen LogP contribution in [-0.4, -0.2) is 18.1 Å². The lowest BCUT2D eigenvalue weighted by molar-refractivity contribution is -0.135. The summed E-state index contributed by atoms with van der Waals surface area (Å²) in [6, 6.07) is 7.97. The summed E-state index contributed by atoms with van der Waals surface area (Å²) in [5.74, 6) is 5.79. The molecule has 1 aromatic carbocycles. The normalized spacial score (nSPS) is 15.7. The molecular weight excluding hydrogens is 264 g/mol. The summed E-state index contributed by atoms with van der Waals surface area (Å²) in [4.78, 5) is 23.2. The molecule has 2 N–H and O–H groups in total. The summed E-state index contributed by atoms with van der Waals surface area (Å²) in [6.45, 7) is 1.65. The number of carbonyl (C=O) groups excluding carboxylic acids is 2. The molecule has 1 aromatic rings. The van der Waals surface area contributed by atoms with E-state index in [1.807, 2.05) is 18.2 Å². The summed E-state index contributed by atoms with van der Waals surface area (Å²) in [6.07, 6.45) is 6.37. The monoisotopic (exact) mass is 288 g/mol. The molecule has 0 amide bonds. The third kappa shape index (κ3) is 3.91. The van der Waals surface area contributed by atoms with E-state index in [0.717, 1.165) is 5.69 Å². The van der Waals surface area contributed by atoms with E-state index in [-0.39, 0.29) is 18.7 Å². The van der Waals surface area contributed by atoms with Crippen LogP contribution in [0.25, 0.3) is 0 Å². The molecule has 2 rings (SSSR count). The molecule has 0 aliphatic heterocycles. The van der Waals surface area contributed by atoms with Crippen LogP contribution in [0.1, 0.15) is 56.9 Å². The van der Waals surface area contributed by atoms with Gasteiger partial charge in [-0.25, -0.2) is 5.84 Å². The van der Waals surface area contributed by atoms with Gasteiger partial charge in [0.05, 0.1) is 5.69 Å². The van der Waals surface area contributed by atoms with Crippen molar-refractivity contribution in [2.24, 2.45) is 5.84 Å². The number of para-hydroxylation sites is 1. The van der Waals surface area contributed by atoms with E-state index in [1.54, 1.807) is 6.92 Å². The van der Waals surface area contributed by atoms with E-state index >= 15 is 0 Å². The Morgan fingerprint density at radius 3 is 2.48 bits per heavy atom. The van der Waals surface area contributed by atoms with Gasteiger partial charge in [-0.15, -0.1) is 0 Å². The Kier molecular flexibility index (Phi) is 5.51. The smallest absolute Gasteiger partial charge is 0.219 e. The van der Waals surface area contributed by atoms with Crippen LogP contribution in [0.5, 0.6) is 0 Å². The molecule has 0 spiro atoms. The van der Waals surface area contributed by atoms with Crippen LogP contribution in [0.15, 0.2) is 24.3 Å². The molecule has 4 nitrogen and oxygen atoms in total. The van der Waals surface area contributed by atoms with Crippen molar-refractivity contribution in [1.29, 1.82) is 0 Å². The van der Waals surface area contributed by atoms with Crippen molar-refractivity contribution < 1.29 is 9.59 Å². The predicted molar refractivity (Wildman–Crippen MR) is 84.1 cm³/mol. The third-order valence-corrected chi connectivity index (χ3v) is 4.24. The van der Waals surface area contributed by atoms with E-state index in [0.29, 0.717) is 5.92 Å². The van der Waals surface area contributed by atoms with Crippen molar-refractivity contribution in [3.63, 3.8) is 0 Å². The molecule has 0 unspecified atom stereocenters.